The quantitative estimate of drug-likeness (QED) is 0.234. The Morgan fingerprint density at radius 3 is 2.69 bits per heavy atom. The Morgan fingerprint density at radius 1 is 1.23 bits per heavy atom. The first-order chi connectivity index (χ1) is 16.8. The third-order valence-electron chi connectivity index (χ3n) is 6.90. The van der Waals surface area contributed by atoms with Gasteiger partial charge in [0.15, 0.2) is 0 Å². The highest BCUT2D eigenvalue weighted by atomic mass is 32.2. The number of thiocarbonyl (C=S) groups is 1. The molecule has 0 N–H and O–H groups in total. The van der Waals surface area contributed by atoms with Crippen molar-refractivity contribution >= 4 is 51.7 Å². The SMILES string of the molecule is Cc1cc(/C=C2\SC(=S)N(C[C@@H]3CCCO3)C2=O)c(C)n1-c1ccc(N2CCCC2)c([N+](=O)[O-])c1. The number of nitrogens with zero attached hydrogens (tertiary/aromatic N) is 4. The highest BCUT2D eigenvalue weighted by Crippen LogP contribution is 2.36. The van der Waals surface area contributed by atoms with E-state index >= 15 is 0 Å². The lowest BCUT2D eigenvalue weighted by Crippen LogP contribution is -2.35. The zero-order chi connectivity index (χ0) is 24.7. The van der Waals surface area contributed by atoms with Gasteiger partial charge in [-0.05, 0) is 69.4 Å². The summed E-state index contributed by atoms with van der Waals surface area (Å²) in [6.45, 7) is 6.85. The van der Waals surface area contributed by atoms with Gasteiger partial charge in [0.2, 0.25) is 0 Å². The van der Waals surface area contributed by atoms with Crippen molar-refractivity contribution in [2.75, 3.05) is 31.1 Å². The van der Waals surface area contributed by atoms with Gasteiger partial charge in [0.25, 0.3) is 11.6 Å². The first kappa shape index (κ1) is 24.0. The Morgan fingerprint density at radius 2 is 2.00 bits per heavy atom. The van der Waals surface area contributed by atoms with Gasteiger partial charge >= 0.3 is 0 Å². The molecular formula is C25H28N4O4S2. The van der Waals surface area contributed by atoms with E-state index in [1.165, 1.54) is 11.8 Å². The number of rotatable bonds is 6. The van der Waals surface area contributed by atoms with E-state index < -0.39 is 0 Å². The van der Waals surface area contributed by atoms with E-state index in [1.54, 1.807) is 11.0 Å². The van der Waals surface area contributed by atoms with Crippen LogP contribution in [0.3, 0.4) is 0 Å². The minimum Gasteiger partial charge on any atom is -0.376 e. The van der Waals surface area contributed by atoms with Crippen LogP contribution >= 0.6 is 24.0 Å². The van der Waals surface area contributed by atoms with Crippen molar-refractivity contribution in [2.24, 2.45) is 0 Å². The monoisotopic (exact) mass is 512 g/mol. The van der Waals surface area contributed by atoms with Crippen LogP contribution in [0.15, 0.2) is 29.2 Å². The third-order valence-corrected chi connectivity index (χ3v) is 8.28. The Hall–Kier alpha value is -2.69. The smallest absolute Gasteiger partial charge is 0.294 e. The molecule has 4 heterocycles. The maximum absolute atomic E-state index is 13.1. The lowest BCUT2D eigenvalue weighted by Gasteiger charge is -2.19. The molecule has 5 rings (SSSR count). The predicted molar refractivity (Wildman–Crippen MR) is 142 cm³/mol. The summed E-state index contributed by atoms with van der Waals surface area (Å²) in [4.78, 5) is 29.0. The number of nitro groups is 1. The summed E-state index contributed by atoms with van der Waals surface area (Å²) in [5.74, 6) is -0.0918. The second kappa shape index (κ2) is 9.75. The number of carbonyl (C=O) groups is 1. The number of nitro benzene ring substituents is 1. The molecule has 0 spiro atoms. The lowest BCUT2D eigenvalue weighted by molar-refractivity contribution is -0.384. The largest absolute Gasteiger partial charge is 0.376 e. The van der Waals surface area contributed by atoms with Crippen molar-refractivity contribution in [1.29, 1.82) is 0 Å². The molecule has 3 aliphatic rings. The average Bonchev–Trinajstić information content (AvgIpc) is 3.62. The number of hydrogen-bond donors (Lipinski definition) is 0. The number of aromatic nitrogens is 1. The van der Waals surface area contributed by atoms with E-state index in [9.17, 15) is 14.9 Å². The Labute approximate surface area is 214 Å². The zero-order valence-corrected chi connectivity index (χ0v) is 21.5. The summed E-state index contributed by atoms with van der Waals surface area (Å²) < 4.78 is 8.24. The molecule has 2 aromatic rings. The van der Waals surface area contributed by atoms with Gasteiger partial charge in [-0.25, -0.2) is 0 Å². The molecule has 0 unspecified atom stereocenters. The number of thioether (sulfide) groups is 1. The first-order valence-electron chi connectivity index (χ1n) is 11.9. The van der Waals surface area contributed by atoms with Gasteiger partial charge in [-0.2, -0.15) is 0 Å². The summed E-state index contributed by atoms with van der Waals surface area (Å²) in [5, 5.41) is 11.9. The van der Waals surface area contributed by atoms with Gasteiger partial charge in [-0.15, -0.1) is 0 Å². The summed E-state index contributed by atoms with van der Waals surface area (Å²) in [6.07, 6.45) is 5.98. The van der Waals surface area contributed by atoms with E-state index in [0.29, 0.717) is 21.5 Å². The summed E-state index contributed by atoms with van der Waals surface area (Å²) in [5.41, 5.74) is 4.27. The number of benzene rings is 1. The van der Waals surface area contributed by atoms with Crippen LogP contribution in [-0.4, -0.2) is 57.0 Å². The van der Waals surface area contributed by atoms with Gasteiger partial charge in [-0.3, -0.25) is 19.8 Å². The maximum Gasteiger partial charge on any atom is 0.294 e. The summed E-state index contributed by atoms with van der Waals surface area (Å²) >= 11 is 6.79. The Kier molecular flexibility index (Phi) is 6.69. The molecule has 3 saturated heterocycles. The third kappa shape index (κ3) is 4.62. The topological polar surface area (TPSA) is 80.8 Å². The van der Waals surface area contributed by atoms with Crippen LogP contribution in [0.25, 0.3) is 11.8 Å². The Balaban J connectivity index is 1.44. The van der Waals surface area contributed by atoms with E-state index in [-0.39, 0.29) is 22.6 Å². The molecule has 35 heavy (non-hydrogen) atoms. The molecule has 1 aromatic carbocycles. The molecule has 3 aliphatic heterocycles. The normalized spacial score (nSPS) is 21.7. The first-order valence-corrected chi connectivity index (χ1v) is 13.2. The standard InChI is InChI=1S/C25H28N4O4S2/c1-16-12-18(13-23-24(30)27(25(34)35-23)15-20-6-5-11-33-20)17(2)28(16)19-7-8-21(22(14-19)29(31)32)26-9-3-4-10-26/h7-8,12-14,20H,3-6,9-11,15H2,1-2H3/b23-13-/t20-/m0/s1. The fraction of sp³-hybridized carbons (Fsp3) is 0.440. The number of aryl methyl sites for hydroxylation is 1. The number of amides is 1. The van der Waals surface area contributed by atoms with Crippen molar-refractivity contribution in [1.82, 2.24) is 9.47 Å². The fourth-order valence-electron chi connectivity index (χ4n) is 5.14. The molecule has 0 saturated carbocycles. The highest BCUT2D eigenvalue weighted by Gasteiger charge is 2.35. The van der Waals surface area contributed by atoms with E-state index in [4.69, 9.17) is 17.0 Å². The van der Waals surface area contributed by atoms with Gasteiger partial charge in [0.05, 0.1) is 28.2 Å². The molecule has 8 nitrogen and oxygen atoms in total. The zero-order valence-electron chi connectivity index (χ0n) is 19.9. The second-order valence-corrected chi connectivity index (χ2v) is 10.9. The van der Waals surface area contributed by atoms with Crippen LogP contribution in [0.2, 0.25) is 0 Å². The molecule has 0 aliphatic carbocycles. The second-order valence-electron chi connectivity index (χ2n) is 9.21. The molecule has 0 radical (unpaired) electrons. The van der Waals surface area contributed by atoms with Crippen molar-refractivity contribution in [3.8, 4) is 5.69 Å². The number of hydrogen-bond acceptors (Lipinski definition) is 7. The number of anilines is 1. The minimum atomic E-state index is -0.300. The lowest BCUT2D eigenvalue weighted by atomic mass is 10.2. The van der Waals surface area contributed by atoms with E-state index in [1.807, 2.05) is 42.7 Å². The van der Waals surface area contributed by atoms with Gasteiger partial charge in [-0.1, -0.05) is 24.0 Å². The minimum absolute atomic E-state index is 0.0428. The molecule has 10 heteroatoms. The summed E-state index contributed by atoms with van der Waals surface area (Å²) in [6, 6.07) is 7.44. The number of ether oxygens (including phenoxy) is 1. The molecule has 0 bridgehead atoms. The molecule has 184 valence electrons. The van der Waals surface area contributed by atoms with Crippen LogP contribution in [0.5, 0.6) is 0 Å². The predicted octanol–water partition coefficient (Wildman–Crippen LogP) is 4.98. The van der Waals surface area contributed by atoms with Crippen LogP contribution in [-0.2, 0) is 9.53 Å². The fourth-order valence-corrected chi connectivity index (χ4v) is 6.41. The van der Waals surface area contributed by atoms with Gasteiger partial charge in [0, 0.05) is 37.2 Å². The maximum atomic E-state index is 13.1. The van der Waals surface area contributed by atoms with Crippen LogP contribution in [0.4, 0.5) is 11.4 Å². The highest BCUT2D eigenvalue weighted by molar-refractivity contribution is 8.26. The molecule has 1 amide bonds. The number of carbonyl (C=O) groups excluding carboxylic acids is 1. The van der Waals surface area contributed by atoms with Crippen LogP contribution < -0.4 is 4.90 Å². The van der Waals surface area contributed by atoms with Gasteiger partial charge in [0.1, 0.15) is 10.0 Å². The van der Waals surface area contributed by atoms with Crippen molar-refractivity contribution in [3.05, 3.63) is 56.2 Å². The molecule has 1 aromatic heterocycles. The summed E-state index contributed by atoms with van der Waals surface area (Å²) in [7, 11) is 0. The Bertz CT molecular complexity index is 1230. The van der Waals surface area contributed by atoms with Crippen molar-refractivity contribution in [2.45, 2.75) is 45.6 Å². The molecule has 1 atom stereocenters. The van der Waals surface area contributed by atoms with Crippen molar-refractivity contribution in [3.63, 3.8) is 0 Å². The molecular weight excluding hydrogens is 484 g/mol. The van der Waals surface area contributed by atoms with E-state index in [2.05, 4.69) is 4.90 Å². The van der Waals surface area contributed by atoms with E-state index in [0.717, 1.165) is 68.0 Å². The van der Waals surface area contributed by atoms with Crippen LogP contribution in [0.1, 0.15) is 42.6 Å². The molecule has 3 fully saturated rings. The average molecular weight is 513 g/mol. The van der Waals surface area contributed by atoms with Crippen LogP contribution in [0, 0.1) is 24.0 Å². The van der Waals surface area contributed by atoms with Gasteiger partial charge < -0.3 is 14.2 Å². The van der Waals surface area contributed by atoms with Crippen molar-refractivity contribution < 1.29 is 14.5 Å².